The number of hydrogen-bond acceptors (Lipinski definition) is 3. The molecule has 5 nitrogen and oxygen atoms in total. The van der Waals surface area contributed by atoms with E-state index in [4.69, 9.17) is 21.1 Å². The number of carbonyl (C=O) groups is 1. The van der Waals surface area contributed by atoms with Crippen molar-refractivity contribution in [1.82, 2.24) is 4.57 Å². The summed E-state index contributed by atoms with van der Waals surface area (Å²) in [5.41, 5.74) is 1.55. The number of aromatic nitrogens is 1. The summed E-state index contributed by atoms with van der Waals surface area (Å²) >= 11 is 5.99. The molecule has 0 bridgehead atoms. The van der Waals surface area contributed by atoms with Crippen molar-refractivity contribution in [1.29, 1.82) is 0 Å². The van der Waals surface area contributed by atoms with Crippen LogP contribution in [0, 0.1) is 0 Å². The summed E-state index contributed by atoms with van der Waals surface area (Å²) in [6.45, 7) is 0.195. The third kappa shape index (κ3) is 3.31. The van der Waals surface area contributed by atoms with Gasteiger partial charge in [-0.15, -0.1) is 0 Å². The lowest BCUT2D eigenvalue weighted by Gasteiger charge is -2.12. The highest BCUT2D eigenvalue weighted by molar-refractivity contribution is 6.31. The van der Waals surface area contributed by atoms with E-state index in [0.717, 1.165) is 10.9 Å². The third-order valence-electron chi connectivity index (χ3n) is 3.73. The Morgan fingerprint density at radius 3 is 2.71 bits per heavy atom. The second-order valence-electron chi connectivity index (χ2n) is 5.26. The van der Waals surface area contributed by atoms with Crippen molar-refractivity contribution in [3.8, 4) is 11.5 Å². The molecule has 3 rings (SSSR count). The van der Waals surface area contributed by atoms with Crippen LogP contribution < -0.4 is 14.8 Å². The number of methoxy groups -OCH3 is 2. The van der Waals surface area contributed by atoms with Crippen LogP contribution in [0.2, 0.25) is 5.02 Å². The molecule has 0 aliphatic carbocycles. The molecule has 3 aromatic rings. The number of nitrogens with one attached hydrogen (secondary N) is 1. The summed E-state index contributed by atoms with van der Waals surface area (Å²) in [4.78, 5) is 12.4. The zero-order valence-electron chi connectivity index (χ0n) is 13.4. The second kappa shape index (κ2) is 6.84. The highest BCUT2D eigenvalue weighted by atomic mass is 35.5. The van der Waals surface area contributed by atoms with Crippen molar-refractivity contribution < 1.29 is 14.3 Å². The molecule has 24 heavy (non-hydrogen) atoms. The lowest BCUT2D eigenvalue weighted by Crippen LogP contribution is -2.18. The molecule has 0 aliphatic heterocycles. The summed E-state index contributed by atoms with van der Waals surface area (Å²) in [5.74, 6) is 1.07. The fourth-order valence-corrected chi connectivity index (χ4v) is 2.74. The quantitative estimate of drug-likeness (QED) is 0.762. The van der Waals surface area contributed by atoms with Crippen LogP contribution in [0.1, 0.15) is 0 Å². The minimum Gasteiger partial charge on any atom is -0.497 e. The summed E-state index contributed by atoms with van der Waals surface area (Å²) < 4.78 is 12.3. The van der Waals surface area contributed by atoms with Gasteiger partial charge in [-0.05, 0) is 36.4 Å². The average molecular weight is 345 g/mol. The number of ether oxygens (including phenoxy) is 2. The third-order valence-corrected chi connectivity index (χ3v) is 3.96. The number of carbonyl (C=O) groups excluding carboxylic acids is 1. The molecule has 0 radical (unpaired) electrons. The SMILES string of the molecule is COc1ccc(NC(=O)Cn2ccc3cc(Cl)ccc32)c(OC)c1. The maximum absolute atomic E-state index is 12.4. The van der Waals surface area contributed by atoms with E-state index in [0.29, 0.717) is 22.2 Å². The number of anilines is 1. The van der Waals surface area contributed by atoms with Gasteiger partial charge in [-0.1, -0.05) is 11.6 Å². The van der Waals surface area contributed by atoms with Gasteiger partial charge >= 0.3 is 0 Å². The molecule has 1 aromatic heterocycles. The number of halogens is 1. The van der Waals surface area contributed by atoms with E-state index in [-0.39, 0.29) is 12.5 Å². The molecule has 0 fully saturated rings. The van der Waals surface area contributed by atoms with Crippen LogP contribution in [0.15, 0.2) is 48.7 Å². The minimum atomic E-state index is -0.147. The Labute approximate surface area is 144 Å². The predicted molar refractivity (Wildman–Crippen MR) is 95.1 cm³/mol. The van der Waals surface area contributed by atoms with Crippen LogP contribution in [0.3, 0.4) is 0 Å². The molecule has 0 aliphatic rings. The van der Waals surface area contributed by atoms with E-state index >= 15 is 0 Å². The molecule has 0 unspecified atom stereocenters. The molecule has 0 saturated carbocycles. The first-order valence-corrected chi connectivity index (χ1v) is 7.75. The minimum absolute atomic E-state index is 0.147. The first-order chi connectivity index (χ1) is 11.6. The maximum Gasteiger partial charge on any atom is 0.244 e. The largest absolute Gasteiger partial charge is 0.497 e. The molecule has 1 heterocycles. The Hall–Kier alpha value is -2.66. The average Bonchev–Trinajstić information content (AvgIpc) is 2.97. The molecular formula is C18H17ClN2O3. The van der Waals surface area contributed by atoms with Crippen LogP contribution in [0.4, 0.5) is 5.69 Å². The van der Waals surface area contributed by atoms with Crippen LogP contribution in [-0.2, 0) is 11.3 Å². The van der Waals surface area contributed by atoms with E-state index in [1.807, 2.05) is 35.0 Å². The topological polar surface area (TPSA) is 52.5 Å². The Kier molecular flexibility index (Phi) is 4.62. The van der Waals surface area contributed by atoms with Gasteiger partial charge in [-0.25, -0.2) is 0 Å². The normalized spacial score (nSPS) is 10.6. The van der Waals surface area contributed by atoms with E-state index in [2.05, 4.69) is 5.32 Å². The van der Waals surface area contributed by atoms with Crippen molar-refractivity contribution >= 4 is 34.1 Å². The van der Waals surface area contributed by atoms with Gasteiger partial charge < -0.3 is 19.4 Å². The predicted octanol–water partition coefficient (Wildman–Crippen LogP) is 3.95. The lowest BCUT2D eigenvalue weighted by atomic mass is 10.2. The van der Waals surface area contributed by atoms with E-state index < -0.39 is 0 Å². The Balaban J connectivity index is 1.78. The maximum atomic E-state index is 12.4. The smallest absolute Gasteiger partial charge is 0.244 e. The Morgan fingerprint density at radius 2 is 1.96 bits per heavy atom. The Bertz CT molecular complexity index is 889. The van der Waals surface area contributed by atoms with E-state index in [1.165, 1.54) is 0 Å². The highest BCUT2D eigenvalue weighted by Crippen LogP contribution is 2.29. The van der Waals surface area contributed by atoms with Gasteiger partial charge in [0, 0.05) is 28.2 Å². The number of nitrogens with zero attached hydrogens (tertiary/aromatic N) is 1. The molecule has 1 amide bonds. The molecule has 1 N–H and O–H groups in total. The fraction of sp³-hybridized carbons (Fsp3) is 0.167. The van der Waals surface area contributed by atoms with Crippen molar-refractivity contribution in [3.63, 3.8) is 0 Å². The number of benzene rings is 2. The summed E-state index contributed by atoms with van der Waals surface area (Å²) in [6.07, 6.45) is 1.87. The van der Waals surface area contributed by atoms with Gasteiger partial charge in [0.15, 0.2) is 0 Å². The van der Waals surface area contributed by atoms with Crippen molar-refractivity contribution in [2.45, 2.75) is 6.54 Å². The van der Waals surface area contributed by atoms with Gasteiger partial charge in [0.1, 0.15) is 18.0 Å². The van der Waals surface area contributed by atoms with Crippen LogP contribution in [-0.4, -0.2) is 24.7 Å². The summed E-state index contributed by atoms with van der Waals surface area (Å²) in [6, 6.07) is 12.8. The van der Waals surface area contributed by atoms with Gasteiger partial charge in [-0.2, -0.15) is 0 Å². The van der Waals surface area contributed by atoms with Gasteiger partial charge in [0.05, 0.1) is 19.9 Å². The van der Waals surface area contributed by atoms with Crippen LogP contribution >= 0.6 is 11.6 Å². The number of fused-ring (bicyclic) bond motifs is 1. The number of amides is 1. The molecule has 0 atom stereocenters. The first kappa shape index (κ1) is 16.2. The molecule has 2 aromatic carbocycles. The second-order valence-corrected chi connectivity index (χ2v) is 5.70. The van der Waals surface area contributed by atoms with E-state index in [1.54, 1.807) is 32.4 Å². The van der Waals surface area contributed by atoms with Crippen molar-refractivity contribution in [2.24, 2.45) is 0 Å². The summed E-state index contributed by atoms with van der Waals surface area (Å²) in [5, 5.41) is 4.53. The molecule has 0 spiro atoms. The van der Waals surface area contributed by atoms with Gasteiger partial charge in [0.2, 0.25) is 5.91 Å². The fourth-order valence-electron chi connectivity index (χ4n) is 2.56. The zero-order chi connectivity index (χ0) is 17.1. The Morgan fingerprint density at radius 1 is 1.12 bits per heavy atom. The summed E-state index contributed by atoms with van der Waals surface area (Å²) in [7, 11) is 3.13. The van der Waals surface area contributed by atoms with Crippen molar-refractivity contribution in [2.75, 3.05) is 19.5 Å². The lowest BCUT2D eigenvalue weighted by molar-refractivity contribution is -0.116. The number of hydrogen-bond donors (Lipinski definition) is 1. The molecule has 6 heteroatoms. The number of rotatable bonds is 5. The monoisotopic (exact) mass is 344 g/mol. The van der Waals surface area contributed by atoms with E-state index in [9.17, 15) is 4.79 Å². The van der Waals surface area contributed by atoms with Gasteiger partial charge in [-0.3, -0.25) is 4.79 Å². The first-order valence-electron chi connectivity index (χ1n) is 7.37. The molecule has 124 valence electrons. The van der Waals surface area contributed by atoms with Crippen molar-refractivity contribution in [3.05, 3.63) is 53.7 Å². The zero-order valence-corrected chi connectivity index (χ0v) is 14.1. The van der Waals surface area contributed by atoms with Crippen LogP contribution in [0.5, 0.6) is 11.5 Å². The molecule has 0 saturated heterocycles. The van der Waals surface area contributed by atoms with Gasteiger partial charge in [0.25, 0.3) is 0 Å². The molecular weight excluding hydrogens is 328 g/mol. The standard InChI is InChI=1S/C18H17ClN2O3/c1-23-14-4-5-15(17(10-14)24-2)20-18(22)11-21-8-7-12-9-13(19)3-6-16(12)21/h3-10H,11H2,1-2H3,(H,20,22). The highest BCUT2D eigenvalue weighted by Gasteiger charge is 2.11. The van der Waals surface area contributed by atoms with Crippen LogP contribution in [0.25, 0.3) is 10.9 Å².